The first-order valence-corrected chi connectivity index (χ1v) is 9.66. The van der Waals surface area contributed by atoms with Crippen LogP contribution >= 0.6 is 15.9 Å². The molecule has 4 aliphatic rings. The highest BCUT2D eigenvalue weighted by atomic mass is 79.9. The van der Waals surface area contributed by atoms with Crippen molar-refractivity contribution in [3.63, 3.8) is 0 Å². The highest BCUT2D eigenvalue weighted by molar-refractivity contribution is 9.10. The number of ether oxygens (including phenoxy) is 1. The average Bonchev–Trinajstić information content (AvgIpc) is 2.41. The molecule has 4 saturated carbocycles. The molecule has 0 spiro atoms. The Balaban J connectivity index is 1.57. The van der Waals surface area contributed by atoms with E-state index in [2.05, 4.69) is 35.1 Å². The van der Waals surface area contributed by atoms with Crippen molar-refractivity contribution in [3.8, 4) is 0 Å². The lowest BCUT2D eigenvalue weighted by Gasteiger charge is -2.58. The third kappa shape index (κ3) is 3.45. The van der Waals surface area contributed by atoms with E-state index in [9.17, 15) is 9.59 Å². The molecule has 0 aromatic rings. The number of halogens is 1. The van der Waals surface area contributed by atoms with Gasteiger partial charge in [-0.3, -0.25) is 9.59 Å². The fraction of sp³-hybridized carbons (Fsp3) is 0.889. The molecule has 130 valence electrons. The molecule has 0 aromatic heterocycles. The van der Waals surface area contributed by atoms with Crippen LogP contribution in [0.15, 0.2) is 0 Å². The Labute approximate surface area is 147 Å². The zero-order chi connectivity index (χ0) is 16.8. The van der Waals surface area contributed by atoms with Crippen LogP contribution in [0.5, 0.6) is 0 Å². The summed E-state index contributed by atoms with van der Waals surface area (Å²) in [5.41, 5.74) is -0.350. The summed E-state index contributed by atoms with van der Waals surface area (Å²) in [6.45, 7) is 5.93. The summed E-state index contributed by atoms with van der Waals surface area (Å²) in [5, 5.41) is 2.89. The summed E-state index contributed by atoms with van der Waals surface area (Å²) < 4.78 is 5.57. The van der Waals surface area contributed by atoms with Gasteiger partial charge in [0.2, 0.25) is 0 Å². The van der Waals surface area contributed by atoms with Gasteiger partial charge in [0.1, 0.15) is 0 Å². The quantitative estimate of drug-likeness (QED) is 0.582. The predicted molar refractivity (Wildman–Crippen MR) is 92.2 cm³/mol. The number of rotatable bonds is 5. The zero-order valence-electron chi connectivity index (χ0n) is 14.4. The predicted octanol–water partition coefficient (Wildman–Crippen LogP) is 3.42. The summed E-state index contributed by atoms with van der Waals surface area (Å²) in [6, 6.07) is 0.0894. The van der Waals surface area contributed by atoms with Crippen LogP contribution in [-0.4, -0.2) is 28.8 Å². The van der Waals surface area contributed by atoms with Crippen molar-refractivity contribution < 1.29 is 14.3 Å². The van der Waals surface area contributed by atoms with Crippen molar-refractivity contribution in [1.29, 1.82) is 0 Å². The van der Waals surface area contributed by atoms with E-state index in [0.717, 1.165) is 19.3 Å². The highest BCUT2D eigenvalue weighted by Gasteiger charge is 2.60. The maximum atomic E-state index is 12.7. The fourth-order valence-electron chi connectivity index (χ4n) is 5.14. The van der Waals surface area contributed by atoms with Gasteiger partial charge in [-0.25, -0.2) is 0 Å². The van der Waals surface area contributed by atoms with E-state index >= 15 is 0 Å². The minimum Gasteiger partial charge on any atom is -0.455 e. The first kappa shape index (κ1) is 17.2. The topological polar surface area (TPSA) is 55.4 Å². The monoisotopic (exact) mass is 385 g/mol. The number of carbonyl (C=O) groups is 2. The van der Waals surface area contributed by atoms with Gasteiger partial charge in [-0.2, -0.15) is 0 Å². The van der Waals surface area contributed by atoms with Crippen LogP contribution in [0.2, 0.25) is 0 Å². The maximum Gasteiger partial charge on any atom is 0.312 e. The van der Waals surface area contributed by atoms with Crippen LogP contribution in [0.25, 0.3) is 0 Å². The second-order valence-electron chi connectivity index (χ2n) is 8.57. The fourth-order valence-corrected chi connectivity index (χ4v) is 6.59. The summed E-state index contributed by atoms with van der Waals surface area (Å²) in [5.74, 6) is 1.29. The van der Waals surface area contributed by atoms with E-state index in [0.29, 0.717) is 17.8 Å². The highest BCUT2D eigenvalue weighted by Crippen LogP contribution is 2.64. The van der Waals surface area contributed by atoms with Gasteiger partial charge in [0.25, 0.3) is 5.91 Å². The summed E-state index contributed by atoms with van der Waals surface area (Å²) in [6.07, 6.45) is 6.39. The van der Waals surface area contributed by atoms with Gasteiger partial charge in [-0.1, -0.05) is 29.8 Å². The van der Waals surface area contributed by atoms with Gasteiger partial charge in [0.05, 0.1) is 5.41 Å². The molecule has 4 nitrogen and oxygen atoms in total. The van der Waals surface area contributed by atoms with E-state index < -0.39 is 0 Å². The smallest absolute Gasteiger partial charge is 0.312 e. The third-order valence-corrected chi connectivity index (χ3v) is 7.07. The number of nitrogens with one attached hydrogen (secondary N) is 1. The van der Waals surface area contributed by atoms with E-state index in [1.165, 1.54) is 19.3 Å². The van der Waals surface area contributed by atoms with Crippen molar-refractivity contribution in [2.45, 2.75) is 69.7 Å². The third-order valence-electron chi connectivity index (χ3n) is 6.15. The normalized spacial score (nSPS) is 39.3. The second kappa shape index (κ2) is 6.05. The molecule has 0 heterocycles. The van der Waals surface area contributed by atoms with Crippen LogP contribution in [-0.2, 0) is 14.3 Å². The molecule has 4 rings (SSSR count). The molecule has 23 heavy (non-hydrogen) atoms. The van der Waals surface area contributed by atoms with Crippen LogP contribution < -0.4 is 5.32 Å². The minimum absolute atomic E-state index is 0.0894. The number of amides is 1. The average molecular weight is 386 g/mol. The van der Waals surface area contributed by atoms with E-state index in [-0.39, 0.29) is 34.3 Å². The lowest BCUT2D eigenvalue weighted by atomic mass is 9.49. The molecule has 0 aliphatic heterocycles. The number of carbonyl (C=O) groups excluding carboxylic acids is 2. The SMILES string of the molecule is CC(C)[C@H](C)NC(=O)COC(=O)C12C[C@@H]3C[C@@H](CC(Br)(C3)C1)C2. The Bertz CT molecular complexity index is 490. The standard InChI is InChI=1S/C18H28BrNO3/c1-11(2)12(3)20-15(21)9-23-16(22)17-5-13-4-14(6-17)8-18(19,7-13)10-17/h11-14H,4-10H2,1-3H3,(H,20,21)/t12-,13-,14+,17?,18?/m0/s1. The van der Waals surface area contributed by atoms with Crippen molar-refractivity contribution in [2.24, 2.45) is 23.2 Å². The van der Waals surface area contributed by atoms with Crippen molar-refractivity contribution in [2.75, 3.05) is 6.61 Å². The molecule has 5 heteroatoms. The molecular weight excluding hydrogens is 358 g/mol. The van der Waals surface area contributed by atoms with Gasteiger partial charge in [-0.15, -0.1) is 0 Å². The van der Waals surface area contributed by atoms with Crippen LogP contribution in [0.1, 0.15) is 59.3 Å². The van der Waals surface area contributed by atoms with E-state index in [1.807, 2.05) is 6.92 Å². The molecule has 0 saturated heterocycles. The number of esters is 1. The molecule has 4 aliphatic carbocycles. The molecular formula is C18H28BrNO3. The van der Waals surface area contributed by atoms with Crippen molar-refractivity contribution in [1.82, 2.24) is 5.32 Å². The van der Waals surface area contributed by atoms with E-state index in [1.54, 1.807) is 0 Å². The van der Waals surface area contributed by atoms with E-state index in [4.69, 9.17) is 4.74 Å². The zero-order valence-corrected chi connectivity index (χ0v) is 15.9. The Hall–Kier alpha value is -0.580. The summed E-state index contributed by atoms with van der Waals surface area (Å²) in [7, 11) is 0. The lowest BCUT2D eigenvalue weighted by Crippen LogP contribution is -2.56. The molecule has 1 amide bonds. The molecule has 1 N–H and O–H groups in total. The van der Waals surface area contributed by atoms with Crippen LogP contribution in [0, 0.1) is 23.2 Å². The van der Waals surface area contributed by atoms with Gasteiger partial charge in [0, 0.05) is 10.4 Å². The minimum atomic E-state index is -0.350. The van der Waals surface area contributed by atoms with Gasteiger partial charge in [-0.05, 0) is 63.2 Å². The molecule has 0 radical (unpaired) electrons. The molecule has 4 bridgehead atoms. The van der Waals surface area contributed by atoms with Crippen LogP contribution in [0.3, 0.4) is 0 Å². The van der Waals surface area contributed by atoms with Gasteiger partial charge < -0.3 is 10.1 Å². The first-order chi connectivity index (χ1) is 10.7. The number of hydrogen-bond donors (Lipinski definition) is 1. The summed E-state index contributed by atoms with van der Waals surface area (Å²) >= 11 is 3.90. The lowest BCUT2D eigenvalue weighted by molar-refractivity contribution is -0.171. The maximum absolute atomic E-state index is 12.7. The number of alkyl halides is 1. The first-order valence-electron chi connectivity index (χ1n) is 8.87. The summed E-state index contributed by atoms with van der Waals surface area (Å²) in [4.78, 5) is 24.7. The second-order valence-corrected chi connectivity index (χ2v) is 10.3. The Morgan fingerprint density at radius 3 is 2.30 bits per heavy atom. The Morgan fingerprint density at radius 2 is 1.78 bits per heavy atom. The van der Waals surface area contributed by atoms with Crippen molar-refractivity contribution >= 4 is 27.8 Å². The molecule has 2 unspecified atom stereocenters. The van der Waals surface area contributed by atoms with Gasteiger partial charge in [0.15, 0.2) is 6.61 Å². The Kier molecular flexibility index (Phi) is 4.54. The molecule has 5 atom stereocenters. The van der Waals surface area contributed by atoms with Crippen molar-refractivity contribution in [3.05, 3.63) is 0 Å². The van der Waals surface area contributed by atoms with Crippen LogP contribution in [0.4, 0.5) is 0 Å². The Morgan fingerprint density at radius 1 is 1.17 bits per heavy atom. The molecule has 4 fully saturated rings. The number of hydrogen-bond acceptors (Lipinski definition) is 3. The largest absolute Gasteiger partial charge is 0.455 e. The van der Waals surface area contributed by atoms with Gasteiger partial charge >= 0.3 is 5.97 Å². The molecule has 0 aromatic carbocycles.